The van der Waals surface area contributed by atoms with Gasteiger partial charge in [0.2, 0.25) is 0 Å². The third-order valence-electron chi connectivity index (χ3n) is 2.75. The Morgan fingerprint density at radius 2 is 2.18 bits per heavy atom. The van der Waals surface area contributed by atoms with Crippen LogP contribution in [-0.4, -0.2) is 35.8 Å². The lowest BCUT2D eigenvalue weighted by Crippen LogP contribution is -2.42. The molecule has 1 aliphatic heterocycles. The molecule has 0 bridgehead atoms. The zero-order chi connectivity index (χ0) is 12.4. The van der Waals surface area contributed by atoms with Crippen LogP contribution in [0.25, 0.3) is 0 Å². The summed E-state index contributed by atoms with van der Waals surface area (Å²) in [7, 11) is 0. The van der Waals surface area contributed by atoms with Gasteiger partial charge in [-0.15, -0.1) is 0 Å². The highest BCUT2D eigenvalue weighted by Crippen LogP contribution is 2.29. The van der Waals surface area contributed by atoms with Gasteiger partial charge in [0, 0.05) is 31.2 Å². The molecule has 5 nitrogen and oxygen atoms in total. The monoisotopic (exact) mass is 240 g/mol. The topological polar surface area (TPSA) is 81.6 Å². The molecule has 0 unspecified atom stereocenters. The number of carbonyl (C=O) groups is 1. The molecule has 92 valence electrons. The highest BCUT2D eigenvalue weighted by atomic mass is 19.1. The molecule has 1 fully saturated rings. The lowest BCUT2D eigenvalue weighted by atomic mass is 10.0. The van der Waals surface area contributed by atoms with Gasteiger partial charge in [-0.2, -0.15) is 0 Å². The maximum atomic E-state index is 13.3. The summed E-state index contributed by atoms with van der Waals surface area (Å²) in [6.07, 6.45) is 0. The molecule has 1 atom stereocenters. The number of hydrogen-bond donors (Lipinski definition) is 4. The molecule has 2 rings (SSSR count). The van der Waals surface area contributed by atoms with Crippen molar-refractivity contribution in [3.05, 3.63) is 29.1 Å². The van der Waals surface area contributed by atoms with Crippen LogP contribution in [0.15, 0.2) is 12.1 Å². The van der Waals surface area contributed by atoms with E-state index >= 15 is 0 Å². The predicted molar refractivity (Wildman–Crippen MR) is 58.6 cm³/mol. The summed E-state index contributed by atoms with van der Waals surface area (Å²) < 4.78 is 13.3. The minimum atomic E-state index is -1.34. The van der Waals surface area contributed by atoms with Crippen LogP contribution in [-0.2, 0) is 0 Å². The van der Waals surface area contributed by atoms with Gasteiger partial charge < -0.3 is 20.8 Å². The van der Waals surface area contributed by atoms with Crippen LogP contribution in [0.4, 0.5) is 4.39 Å². The molecule has 1 aliphatic rings. The Hall–Kier alpha value is -1.66. The second kappa shape index (κ2) is 4.68. The quantitative estimate of drug-likeness (QED) is 0.604. The Morgan fingerprint density at radius 1 is 1.41 bits per heavy atom. The number of aromatic hydroxyl groups is 1. The van der Waals surface area contributed by atoms with Crippen molar-refractivity contribution >= 4 is 5.97 Å². The lowest BCUT2D eigenvalue weighted by molar-refractivity contribution is 0.0692. The Labute approximate surface area is 97.3 Å². The number of aromatic carboxylic acids is 1. The fourth-order valence-electron chi connectivity index (χ4n) is 1.92. The van der Waals surface area contributed by atoms with Gasteiger partial charge in [-0.1, -0.05) is 0 Å². The first kappa shape index (κ1) is 11.8. The average Bonchev–Trinajstić information content (AvgIpc) is 2.32. The molecule has 0 amide bonds. The molecule has 0 radical (unpaired) electrons. The summed E-state index contributed by atoms with van der Waals surface area (Å²) in [4.78, 5) is 10.8. The van der Waals surface area contributed by atoms with Crippen LogP contribution >= 0.6 is 0 Å². The van der Waals surface area contributed by atoms with Crippen LogP contribution < -0.4 is 10.6 Å². The highest BCUT2D eigenvalue weighted by Gasteiger charge is 2.23. The van der Waals surface area contributed by atoms with Gasteiger partial charge in [0.25, 0.3) is 0 Å². The summed E-state index contributed by atoms with van der Waals surface area (Å²) in [6.45, 7) is 2.00. The van der Waals surface area contributed by atoms with E-state index in [2.05, 4.69) is 10.6 Å². The van der Waals surface area contributed by atoms with Crippen molar-refractivity contribution in [1.29, 1.82) is 0 Å². The van der Waals surface area contributed by atoms with Gasteiger partial charge in [0.15, 0.2) is 0 Å². The summed E-state index contributed by atoms with van der Waals surface area (Å²) in [5.41, 5.74) is -0.137. The molecular weight excluding hydrogens is 227 g/mol. The number of piperazine rings is 1. The maximum absolute atomic E-state index is 13.3. The average molecular weight is 240 g/mol. The second-order valence-electron chi connectivity index (χ2n) is 3.91. The molecule has 0 aliphatic carbocycles. The summed E-state index contributed by atoms with van der Waals surface area (Å²) in [5.74, 6) is -2.38. The number of halogens is 1. The molecule has 6 heteroatoms. The standard InChI is InChI=1S/C11H13FN2O3/c12-6-3-7(9-5-13-1-2-14-9)10(15)8(4-6)11(16)17/h3-4,9,13-15H,1-2,5H2,(H,16,17)/t9-/m1/s1. The molecule has 1 aromatic carbocycles. The van der Waals surface area contributed by atoms with Gasteiger partial charge in [-0.3, -0.25) is 0 Å². The number of nitrogens with one attached hydrogen (secondary N) is 2. The minimum Gasteiger partial charge on any atom is -0.507 e. The van der Waals surface area contributed by atoms with Crippen molar-refractivity contribution in [2.75, 3.05) is 19.6 Å². The molecule has 1 saturated heterocycles. The number of hydrogen-bond acceptors (Lipinski definition) is 4. The van der Waals surface area contributed by atoms with Crippen LogP contribution in [0.2, 0.25) is 0 Å². The van der Waals surface area contributed by atoms with Gasteiger partial charge in [-0.05, 0) is 12.1 Å². The summed E-state index contributed by atoms with van der Waals surface area (Å²) >= 11 is 0. The van der Waals surface area contributed by atoms with E-state index < -0.39 is 17.3 Å². The number of carboxylic acid groups (broad SMARTS) is 1. The Morgan fingerprint density at radius 3 is 2.76 bits per heavy atom. The molecule has 1 aromatic rings. The van der Waals surface area contributed by atoms with Crippen molar-refractivity contribution in [1.82, 2.24) is 10.6 Å². The fourth-order valence-corrected chi connectivity index (χ4v) is 1.92. The van der Waals surface area contributed by atoms with Crippen molar-refractivity contribution in [3.8, 4) is 5.75 Å². The Kier molecular flexibility index (Phi) is 3.26. The van der Waals surface area contributed by atoms with E-state index in [9.17, 15) is 14.3 Å². The van der Waals surface area contributed by atoms with Crippen LogP contribution in [0, 0.1) is 5.82 Å². The first-order valence-electron chi connectivity index (χ1n) is 5.29. The van der Waals surface area contributed by atoms with E-state index in [1.165, 1.54) is 0 Å². The maximum Gasteiger partial charge on any atom is 0.339 e. The van der Waals surface area contributed by atoms with E-state index in [0.29, 0.717) is 13.1 Å². The third-order valence-corrected chi connectivity index (χ3v) is 2.75. The summed E-state index contributed by atoms with van der Waals surface area (Å²) in [5, 5.41) is 24.8. The second-order valence-corrected chi connectivity index (χ2v) is 3.91. The third kappa shape index (κ3) is 2.37. The summed E-state index contributed by atoms with van der Waals surface area (Å²) in [6, 6.07) is 1.70. The van der Waals surface area contributed by atoms with Crippen LogP contribution in [0.5, 0.6) is 5.75 Å². The molecule has 0 spiro atoms. The van der Waals surface area contributed by atoms with Crippen molar-refractivity contribution in [2.45, 2.75) is 6.04 Å². The van der Waals surface area contributed by atoms with Gasteiger partial charge in [-0.25, -0.2) is 9.18 Å². The van der Waals surface area contributed by atoms with E-state index in [-0.39, 0.29) is 17.4 Å². The number of benzene rings is 1. The van der Waals surface area contributed by atoms with E-state index in [0.717, 1.165) is 18.7 Å². The number of phenols is 1. The normalized spacial score (nSPS) is 20.2. The minimum absolute atomic E-state index is 0.273. The predicted octanol–water partition coefficient (Wildman–Crippen LogP) is 0.463. The van der Waals surface area contributed by atoms with Crippen LogP contribution in [0.1, 0.15) is 22.0 Å². The molecular formula is C11H13FN2O3. The lowest BCUT2D eigenvalue weighted by Gasteiger charge is -2.25. The van der Waals surface area contributed by atoms with E-state index in [1.54, 1.807) is 0 Å². The SMILES string of the molecule is O=C(O)c1cc(F)cc([C@H]2CNCCN2)c1O. The van der Waals surface area contributed by atoms with Gasteiger partial charge >= 0.3 is 5.97 Å². The number of rotatable bonds is 2. The van der Waals surface area contributed by atoms with E-state index in [4.69, 9.17) is 5.11 Å². The van der Waals surface area contributed by atoms with E-state index in [1.807, 2.05) is 0 Å². The molecule has 4 N–H and O–H groups in total. The zero-order valence-electron chi connectivity index (χ0n) is 9.03. The Bertz CT molecular complexity index is 445. The molecule has 0 aromatic heterocycles. The molecule has 0 saturated carbocycles. The largest absolute Gasteiger partial charge is 0.507 e. The molecule has 1 heterocycles. The van der Waals surface area contributed by atoms with Crippen molar-refractivity contribution in [2.24, 2.45) is 0 Å². The smallest absolute Gasteiger partial charge is 0.339 e. The van der Waals surface area contributed by atoms with Crippen LogP contribution in [0.3, 0.4) is 0 Å². The number of carboxylic acids is 1. The first-order chi connectivity index (χ1) is 8.09. The molecule has 17 heavy (non-hydrogen) atoms. The van der Waals surface area contributed by atoms with Crippen molar-refractivity contribution < 1.29 is 19.4 Å². The van der Waals surface area contributed by atoms with Crippen molar-refractivity contribution in [3.63, 3.8) is 0 Å². The zero-order valence-corrected chi connectivity index (χ0v) is 9.03. The van der Waals surface area contributed by atoms with Gasteiger partial charge in [0.05, 0.1) is 0 Å². The highest BCUT2D eigenvalue weighted by molar-refractivity contribution is 5.91. The first-order valence-corrected chi connectivity index (χ1v) is 5.29. The fraction of sp³-hybridized carbons (Fsp3) is 0.364. The van der Waals surface area contributed by atoms with Gasteiger partial charge in [0.1, 0.15) is 17.1 Å². The Balaban J connectivity index is 2.41.